The molecule has 0 bridgehead atoms. The lowest BCUT2D eigenvalue weighted by atomic mass is 10.2. The predicted molar refractivity (Wildman–Crippen MR) is 134 cm³/mol. The van der Waals surface area contributed by atoms with E-state index in [0.717, 1.165) is 35.6 Å². The van der Waals surface area contributed by atoms with Crippen LogP contribution in [0.1, 0.15) is 0 Å². The molecule has 2 amide bonds. The summed E-state index contributed by atoms with van der Waals surface area (Å²) in [4.78, 5) is 25.1. The van der Waals surface area contributed by atoms with Crippen LogP contribution >= 0.6 is 11.8 Å². The Morgan fingerprint density at radius 3 is 2.15 bits per heavy atom. The van der Waals surface area contributed by atoms with Gasteiger partial charge in [0.05, 0.1) is 23.0 Å². The van der Waals surface area contributed by atoms with Gasteiger partial charge in [-0.1, -0.05) is 0 Å². The molecular weight excluding hydrogens is 474 g/mol. The lowest BCUT2D eigenvalue weighted by Gasteiger charge is -2.29. The third kappa shape index (κ3) is 5.85. The number of anilines is 3. The summed E-state index contributed by atoms with van der Waals surface area (Å²) in [5, 5.41) is 5.44. The summed E-state index contributed by atoms with van der Waals surface area (Å²) in [6, 6.07) is 12.8. The van der Waals surface area contributed by atoms with E-state index in [9.17, 15) is 13.2 Å². The average molecular weight is 500 g/mol. The quantitative estimate of drug-likeness (QED) is 0.493. The normalized spacial score (nSPS) is 14.0. The van der Waals surface area contributed by atoms with Crippen molar-refractivity contribution in [1.82, 2.24) is 9.97 Å². The molecule has 2 heterocycles. The van der Waals surface area contributed by atoms with Crippen molar-refractivity contribution in [2.24, 2.45) is 0 Å². The van der Waals surface area contributed by atoms with Crippen LogP contribution in [0.4, 0.5) is 22.0 Å². The Labute approximate surface area is 202 Å². The number of nitrogens with one attached hydrogen (secondary N) is 2. The number of rotatable bonds is 6. The number of carbonyl (C=O) groups is 1. The van der Waals surface area contributed by atoms with Gasteiger partial charge in [0.25, 0.3) is 0 Å². The lowest BCUT2D eigenvalue weighted by molar-refractivity contribution is 0.122. The molecule has 2 aromatic carbocycles. The Kier molecular flexibility index (Phi) is 7.35. The molecule has 1 aliphatic heterocycles. The highest BCUT2D eigenvalue weighted by Gasteiger charge is 2.18. The van der Waals surface area contributed by atoms with Crippen molar-refractivity contribution in [3.05, 3.63) is 54.7 Å². The molecule has 178 valence electrons. The van der Waals surface area contributed by atoms with Gasteiger partial charge in [-0.25, -0.2) is 23.2 Å². The van der Waals surface area contributed by atoms with Crippen LogP contribution in [0.3, 0.4) is 0 Å². The number of amides is 2. The lowest BCUT2D eigenvalue weighted by Crippen LogP contribution is -2.37. The van der Waals surface area contributed by atoms with Crippen LogP contribution < -0.4 is 15.5 Å². The fourth-order valence-corrected chi connectivity index (χ4v) is 4.57. The molecule has 1 aromatic heterocycles. The molecule has 1 fully saturated rings. The fraction of sp³-hybridized carbons (Fsp3) is 0.261. The van der Waals surface area contributed by atoms with E-state index in [1.807, 2.05) is 24.6 Å². The summed E-state index contributed by atoms with van der Waals surface area (Å²) in [7, 11) is -3.28. The van der Waals surface area contributed by atoms with Gasteiger partial charge in [0.1, 0.15) is 5.82 Å². The van der Waals surface area contributed by atoms with E-state index in [2.05, 4.69) is 20.5 Å². The summed E-state index contributed by atoms with van der Waals surface area (Å²) < 4.78 is 28.6. The molecule has 0 radical (unpaired) electrons. The molecule has 3 aromatic rings. The molecule has 0 unspecified atom stereocenters. The summed E-state index contributed by atoms with van der Waals surface area (Å²) in [6.45, 7) is 2.94. The average Bonchev–Trinajstić information content (AvgIpc) is 2.84. The van der Waals surface area contributed by atoms with Crippen LogP contribution in [-0.4, -0.2) is 63.2 Å². The SMILES string of the molecule is CSc1cnc(-c2ccc(NC(=O)Nc3ccc(S(C)(=O)=O)cc3)cc2)nc1N1CCOCC1. The Bertz CT molecular complexity index is 1260. The number of thioether (sulfide) groups is 1. The number of urea groups is 1. The second-order valence-corrected chi connectivity index (χ2v) is 10.5. The van der Waals surface area contributed by atoms with Crippen molar-refractivity contribution in [3.8, 4) is 11.4 Å². The molecule has 34 heavy (non-hydrogen) atoms. The van der Waals surface area contributed by atoms with Crippen molar-refractivity contribution in [2.75, 3.05) is 54.3 Å². The summed E-state index contributed by atoms with van der Waals surface area (Å²) >= 11 is 1.61. The molecule has 0 aliphatic carbocycles. The van der Waals surface area contributed by atoms with Crippen LogP contribution in [-0.2, 0) is 14.6 Å². The van der Waals surface area contributed by atoms with Crippen LogP contribution in [0.2, 0.25) is 0 Å². The summed E-state index contributed by atoms with van der Waals surface area (Å²) in [5.74, 6) is 1.52. The Morgan fingerprint density at radius 1 is 1.00 bits per heavy atom. The van der Waals surface area contributed by atoms with E-state index in [4.69, 9.17) is 9.72 Å². The van der Waals surface area contributed by atoms with E-state index in [-0.39, 0.29) is 4.90 Å². The second-order valence-electron chi connectivity index (χ2n) is 7.64. The topological polar surface area (TPSA) is 114 Å². The van der Waals surface area contributed by atoms with Crippen LogP contribution in [0, 0.1) is 0 Å². The van der Waals surface area contributed by atoms with E-state index < -0.39 is 15.9 Å². The van der Waals surface area contributed by atoms with Crippen molar-refractivity contribution in [2.45, 2.75) is 9.79 Å². The molecule has 0 atom stereocenters. The molecule has 11 heteroatoms. The molecule has 2 N–H and O–H groups in total. The summed E-state index contributed by atoms with van der Waals surface area (Å²) in [6.07, 6.45) is 4.98. The van der Waals surface area contributed by atoms with Gasteiger partial charge in [-0.3, -0.25) is 0 Å². The monoisotopic (exact) mass is 499 g/mol. The fourth-order valence-electron chi connectivity index (χ4n) is 3.43. The van der Waals surface area contributed by atoms with E-state index >= 15 is 0 Å². The van der Waals surface area contributed by atoms with Gasteiger partial charge in [0, 0.05) is 42.5 Å². The van der Waals surface area contributed by atoms with Crippen molar-refractivity contribution in [3.63, 3.8) is 0 Å². The first-order valence-electron chi connectivity index (χ1n) is 10.6. The van der Waals surface area contributed by atoms with Gasteiger partial charge < -0.3 is 20.3 Å². The van der Waals surface area contributed by atoms with Crippen molar-refractivity contribution >= 4 is 44.8 Å². The van der Waals surface area contributed by atoms with Crippen molar-refractivity contribution < 1.29 is 17.9 Å². The molecule has 0 spiro atoms. The largest absolute Gasteiger partial charge is 0.378 e. The third-order valence-corrected chi connectivity index (χ3v) is 7.06. The molecule has 1 saturated heterocycles. The van der Waals surface area contributed by atoms with Crippen LogP contribution in [0.5, 0.6) is 0 Å². The molecule has 0 saturated carbocycles. The zero-order chi connectivity index (χ0) is 24.1. The second kappa shape index (κ2) is 10.4. The first kappa shape index (κ1) is 24.0. The highest BCUT2D eigenvalue weighted by atomic mass is 32.2. The van der Waals surface area contributed by atoms with Gasteiger partial charge in [-0.05, 0) is 54.8 Å². The maximum atomic E-state index is 12.3. The summed E-state index contributed by atoms with van der Waals surface area (Å²) in [5.41, 5.74) is 1.92. The Hall–Kier alpha value is -3.15. The molecule has 4 rings (SSSR count). The number of sulfone groups is 1. The zero-order valence-electron chi connectivity index (χ0n) is 18.8. The zero-order valence-corrected chi connectivity index (χ0v) is 20.4. The van der Waals surface area contributed by atoms with E-state index in [1.54, 1.807) is 36.0 Å². The molecular formula is C23H25N5O4S2. The number of hydrogen-bond acceptors (Lipinski definition) is 8. The third-order valence-electron chi connectivity index (χ3n) is 5.21. The highest BCUT2D eigenvalue weighted by molar-refractivity contribution is 7.98. The minimum atomic E-state index is -3.28. The van der Waals surface area contributed by atoms with Gasteiger partial charge in [-0.2, -0.15) is 0 Å². The number of morpholine rings is 1. The van der Waals surface area contributed by atoms with Gasteiger partial charge in [0.2, 0.25) is 0 Å². The predicted octanol–water partition coefficient (Wildman–Crippen LogP) is 3.75. The van der Waals surface area contributed by atoms with Gasteiger partial charge in [-0.15, -0.1) is 11.8 Å². The van der Waals surface area contributed by atoms with E-state index in [1.165, 1.54) is 12.1 Å². The first-order chi connectivity index (χ1) is 16.3. The Balaban J connectivity index is 1.43. The number of carbonyl (C=O) groups excluding carboxylic acids is 1. The number of hydrogen-bond donors (Lipinski definition) is 2. The highest BCUT2D eigenvalue weighted by Crippen LogP contribution is 2.29. The maximum absolute atomic E-state index is 12.3. The minimum Gasteiger partial charge on any atom is -0.378 e. The van der Waals surface area contributed by atoms with E-state index in [0.29, 0.717) is 30.4 Å². The number of ether oxygens (including phenoxy) is 1. The Morgan fingerprint density at radius 2 is 1.59 bits per heavy atom. The smallest absolute Gasteiger partial charge is 0.323 e. The van der Waals surface area contributed by atoms with Crippen molar-refractivity contribution in [1.29, 1.82) is 0 Å². The molecule has 9 nitrogen and oxygen atoms in total. The minimum absolute atomic E-state index is 0.193. The van der Waals surface area contributed by atoms with Gasteiger partial charge in [0.15, 0.2) is 15.7 Å². The number of benzene rings is 2. The van der Waals surface area contributed by atoms with Crippen LogP contribution in [0.15, 0.2) is 64.5 Å². The number of nitrogens with zero attached hydrogens (tertiary/aromatic N) is 3. The first-order valence-corrected chi connectivity index (χ1v) is 13.7. The maximum Gasteiger partial charge on any atom is 0.323 e. The van der Waals surface area contributed by atoms with Crippen LogP contribution in [0.25, 0.3) is 11.4 Å². The molecule has 1 aliphatic rings. The number of aromatic nitrogens is 2. The van der Waals surface area contributed by atoms with Gasteiger partial charge >= 0.3 is 6.03 Å². The standard InChI is InChI=1S/C23H25N5O4S2/c1-33-20-15-24-21(27-22(20)28-11-13-32-14-12-28)16-3-5-17(6-4-16)25-23(29)26-18-7-9-19(10-8-18)34(2,30)31/h3-10,15H,11-14H2,1-2H3,(H2,25,26,29).